The van der Waals surface area contributed by atoms with E-state index in [-0.39, 0.29) is 5.91 Å². The topological polar surface area (TPSA) is 38.3 Å². The van der Waals surface area contributed by atoms with Crippen molar-refractivity contribution < 1.29 is 9.53 Å². The fraction of sp³-hybridized carbons (Fsp3) is 0.500. The van der Waals surface area contributed by atoms with Gasteiger partial charge in [0.1, 0.15) is 5.75 Å². The highest BCUT2D eigenvalue weighted by Gasteiger charge is 2.21. The zero-order valence-electron chi connectivity index (χ0n) is 13.2. The molecule has 2 atom stereocenters. The maximum atomic E-state index is 12.1. The van der Waals surface area contributed by atoms with Crippen LogP contribution in [-0.2, 0) is 4.79 Å². The van der Waals surface area contributed by atoms with E-state index >= 15 is 0 Å². The minimum Gasteiger partial charge on any atom is -0.496 e. The molecular formula is C18H25NO2. The second-order valence-corrected chi connectivity index (χ2v) is 5.96. The number of hydrogen-bond acceptors (Lipinski definition) is 2. The van der Waals surface area contributed by atoms with Gasteiger partial charge in [-0.05, 0) is 43.9 Å². The van der Waals surface area contributed by atoms with Crippen LogP contribution in [0.25, 0.3) is 6.08 Å². The zero-order valence-corrected chi connectivity index (χ0v) is 13.2. The Kier molecular flexibility index (Phi) is 5.43. The van der Waals surface area contributed by atoms with Crippen molar-refractivity contribution in [2.24, 2.45) is 5.92 Å². The van der Waals surface area contributed by atoms with Gasteiger partial charge in [0.15, 0.2) is 0 Å². The van der Waals surface area contributed by atoms with E-state index in [1.54, 1.807) is 13.2 Å². The van der Waals surface area contributed by atoms with E-state index in [0.717, 1.165) is 23.3 Å². The summed E-state index contributed by atoms with van der Waals surface area (Å²) >= 11 is 0. The highest BCUT2D eigenvalue weighted by Crippen LogP contribution is 2.24. The molecule has 3 nitrogen and oxygen atoms in total. The van der Waals surface area contributed by atoms with Gasteiger partial charge in [-0.1, -0.05) is 31.4 Å². The minimum atomic E-state index is -0.0164. The molecule has 0 spiro atoms. The number of methoxy groups -OCH3 is 1. The fourth-order valence-corrected chi connectivity index (χ4v) is 2.91. The molecule has 1 saturated carbocycles. The molecule has 21 heavy (non-hydrogen) atoms. The Morgan fingerprint density at radius 3 is 2.81 bits per heavy atom. The smallest absolute Gasteiger partial charge is 0.244 e. The molecule has 0 heterocycles. The number of carbonyl (C=O) groups excluding carboxylic acids is 1. The van der Waals surface area contributed by atoms with Crippen molar-refractivity contribution in [3.05, 3.63) is 35.4 Å². The summed E-state index contributed by atoms with van der Waals surface area (Å²) in [7, 11) is 1.64. The van der Waals surface area contributed by atoms with Crippen molar-refractivity contribution in [2.45, 2.75) is 45.6 Å². The molecule has 0 radical (unpaired) electrons. The first kappa shape index (κ1) is 15.6. The molecule has 3 heteroatoms. The molecule has 1 aromatic rings. The maximum Gasteiger partial charge on any atom is 0.244 e. The summed E-state index contributed by atoms with van der Waals surface area (Å²) in [5.74, 6) is 1.34. The molecular weight excluding hydrogens is 262 g/mol. The van der Waals surface area contributed by atoms with Crippen LogP contribution in [-0.4, -0.2) is 19.1 Å². The van der Waals surface area contributed by atoms with Crippen LogP contribution < -0.4 is 10.1 Å². The van der Waals surface area contributed by atoms with E-state index in [2.05, 4.69) is 12.2 Å². The summed E-state index contributed by atoms with van der Waals surface area (Å²) in [6.07, 6.45) is 8.23. The Labute approximate surface area is 127 Å². The number of benzene rings is 1. The van der Waals surface area contributed by atoms with Crippen LogP contribution in [0.4, 0.5) is 0 Å². The highest BCUT2D eigenvalue weighted by molar-refractivity contribution is 5.92. The molecule has 1 fully saturated rings. The van der Waals surface area contributed by atoms with Crippen molar-refractivity contribution in [3.8, 4) is 5.75 Å². The normalized spacial score (nSPS) is 22.2. The monoisotopic (exact) mass is 287 g/mol. The van der Waals surface area contributed by atoms with Crippen LogP contribution in [0.15, 0.2) is 24.3 Å². The van der Waals surface area contributed by atoms with E-state index < -0.39 is 0 Å². The van der Waals surface area contributed by atoms with Gasteiger partial charge < -0.3 is 10.1 Å². The largest absolute Gasteiger partial charge is 0.496 e. The van der Waals surface area contributed by atoms with E-state index in [0.29, 0.717) is 12.0 Å². The predicted octanol–water partition coefficient (Wildman–Crippen LogP) is 3.71. The van der Waals surface area contributed by atoms with Crippen LogP contribution in [0.5, 0.6) is 5.75 Å². The number of nitrogens with one attached hydrogen (secondary N) is 1. The number of aryl methyl sites for hydroxylation is 1. The zero-order chi connectivity index (χ0) is 15.2. The van der Waals surface area contributed by atoms with Gasteiger partial charge in [-0.25, -0.2) is 0 Å². The third-order valence-electron chi connectivity index (χ3n) is 4.24. The summed E-state index contributed by atoms with van der Waals surface area (Å²) in [5.41, 5.74) is 2.08. The molecule has 1 amide bonds. The van der Waals surface area contributed by atoms with E-state index in [9.17, 15) is 4.79 Å². The first-order valence-electron chi connectivity index (χ1n) is 7.73. The van der Waals surface area contributed by atoms with E-state index in [1.807, 2.05) is 31.2 Å². The molecule has 0 bridgehead atoms. The molecule has 1 aliphatic carbocycles. The van der Waals surface area contributed by atoms with Gasteiger partial charge >= 0.3 is 0 Å². The number of carbonyl (C=O) groups is 1. The SMILES string of the molecule is COc1ccc(C)cc1/C=C/C(=O)N[C@H]1CCCC[C@@H]1C. The van der Waals surface area contributed by atoms with Gasteiger partial charge in [0.2, 0.25) is 5.91 Å². The van der Waals surface area contributed by atoms with Crippen molar-refractivity contribution in [2.75, 3.05) is 7.11 Å². The van der Waals surface area contributed by atoms with E-state index in [4.69, 9.17) is 4.74 Å². The Bertz CT molecular complexity index is 522. The Morgan fingerprint density at radius 2 is 2.10 bits per heavy atom. The Morgan fingerprint density at radius 1 is 1.33 bits per heavy atom. The first-order valence-corrected chi connectivity index (χ1v) is 7.73. The highest BCUT2D eigenvalue weighted by atomic mass is 16.5. The van der Waals surface area contributed by atoms with Crippen LogP contribution in [0.3, 0.4) is 0 Å². The molecule has 0 unspecified atom stereocenters. The average molecular weight is 287 g/mol. The maximum absolute atomic E-state index is 12.1. The summed E-state index contributed by atoms with van der Waals surface area (Å²) in [5, 5.41) is 3.12. The first-order chi connectivity index (χ1) is 10.1. The number of rotatable bonds is 4. The van der Waals surface area contributed by atoms with Gasteiger partial charge in [-0.3, -0.25) is 4.79 Å². The van der Waals surface area contributed by atoms with Gasteiger partial charge in [0.25, 0.3) is 0 Å². The second kappa shape index (κ2) is 7.30. The summed E-state index contributed by atoms with van der Waals surface area (Å²) < 4.78 is 5.32. The van der Waals surface area contributed by atoms with Gasteiger partial charge in [0, 0.05) is 17.7 Å². The summed E-state index contributed by atoms with van der Waals surface area (Å²) in [6, 6.07) is 6.26. The van der Waals surface area contributed by atoms with Crippen molar-refractivity contribution in [1.29, 1.82) is 0 Å². The number of ether oxygens (including phenoxy) is 1. The Balaban J connectivity index is 2.00. The summed E-state index contributed by atoms with van der Waals surface area (Å²) in [6.45, 7) is 4.25. The van der Waals surface area contributed by atoms with Crippen molar-refractivity contribution in [1.82, 2.24) is 5.32 Å². The lowest BCUT2D eigenvalue weighted by Gasteiger charge is -2.29. The molecule has 1 aromatic carbocycles. The van der Waals surface area contributed by atoms with Crippen molar-refractivity contribution in [3.63, 3.8) is 0 Å². The van der Waals surface area contributed by atoms with Crippen molar-refractivity contribution >= 4 is 12.0 Å². The number of amides is 1. The third-order valence-corrected chi connectivity index (χ3v) is 4.24. The quantitative estimate of drug-likeness (QED) is 0.857. The molecule has 1 N–H and O–H groups in total. The van der Waals surface area contributed by atoms with Crippen LogP contribution in [0.1, 0.15) is 43.7 Å². The predicted molar refractivity (Wildman–Crippen MR) is 86.3 cm³/mol. The van der Waals surface area contributed by atoms with Crippen LogP contribution >= 0.6 is 0 Å². The lowest BCUT2D eigenvalue weighted by atomic mass is 9.86. The number of hydrogen-bond donors (Lipinski definition) is 1. The summed E-state index contributed by atoms with van der Waals surface area (Å²) in [4.78, 5) is 12.1. The molecule has 0 aliphatic heterocycles. The van der Waals surface area contributed by atoms with Gasteiger partial charge in [0.05, 0.1) is 7.11 Å². The lowest BCUT2D eigenvalue weighted by Crippen LogP contribution is -2.40. The fourth-order valence-electron chi connectivity index (χ4n) is 2.91. The van der Waals surface area contributed by atoms with Gasteiger partial charge in [-0.2, -0.15) is 0 Å². The molecule has 0 aromatic heterocycles. The third kappa shape index (κ3) is 4.35. The Hall–Kier alpha value is -1.77. The minimum absolute atomic E-state index is 0.0164. The molecule has 1 aliphatic rings. The standard InChI is InChI=1S/C18H25NO2/c1-13-8-10-17(21-3)15(12-13)9-11-18(20)19-16-7-5-4-6-14(16)2/h8-12,14,16H,4-7H2,1-3H3,(H,19,20)/b11-9+/t14-,16-/m0/s1. The molecule has 114 valence electrons. The average Bonchev–Trinajstić information content (AvgIpc) is 2.48. The van der Waals surface area contributed by atoms with Crippen LogP contribution in [0, 0.1) is 12.8 Å². The molecule has 0 saturated heterocycles. The van der Waals surface area contributed by atoms with Gasteiger partial charge in [-0.15, -0.1) is 0 Å². The lowest BCUT2D eigenvalue weighted by molar-refractivity contribution is -0.117. The van der Waals surface area contributed by atoms with E-state index in [1.165, 1.54) is 19.3 Å². The second-order valence-electron chi connectivity index (χ2n) is 5.96. The van der Waals surface area contributed by atoms with Crippen LogP contribution in [0.2, 0.25) is 0 Å². The molecule has 2 rings (SSSR count).